The summed E-state index contributed by atoms with van der Waals surface area (Å²) in [6.07, 6.45) is 0. The SMILES string of the molecule is COc1ccc(CNc2cc(OC)ccc2Br)cc1. The molecule has 0 aliphatic carbocycles. The predicted octanol–water partition coefficient (Wildman–Crippen LogP) is 4.08. The van der Waals surface area contributed by atoms with Crippen LogP contribution in [0.15, 0.2) is 46.9 Å². The molecule has 0 radical (unpaired) electrons. The van der Waals surface area contributed by atoms with Crippen LogP contribution >= 0.6 is 15.9 Å². The van der Waals surface area contributed by atoms with Gasteiger partial charge in [-0.3, -0.25) is 0 Å². The highest BCUT2D eigenvalue weighted by Gasteiger charge is 2.02. The number of halogens is 1. The van der Waals surface area contributed by atoms with E-state index in [1.807, 2.05) is 42.5 Å². The Hall–Kier alpha value is -1.68. The number of rotatable bonds is 5. The van der Waals surface area contributed by atoms with Crippen LogP contribution in [0.1, 0.15) is 5.56 Å². The summed E-state index contributed by atoms with van der Waals surface area (Å²) in [7, 11) is 3.33. The van der Waals surface area contributed by atoms with Crippen molar-refractivity contribution < 1.29 is 9.47 Å². The fraction of sp³-hybridized carbons (Fsp3) is 0.200. The smallest absolute Gasteiger partial charge is 0.121 e. The van der Waals surface area contributed by atoms with Gasteiger partial charge >= 0.3 is 0 Å². The molecule has 0 atom stereocenters. The molecular formula is C15H16BrNO2. The highest BCUT2D eigenvalue weighted by atomic mass is 79.9. The van der Waals surface area contributed by atoms with E-state index in [0.29, 0.717) is 0 Å². The van der Waals surface area contributed by atoms with E-state index in [-0.39, 0.29) is 0 Å². The Labute approximate surface area is 121 Å². The van der Waals surface area contributed by atoms with Crippen molar-refractivity contribution in [2.75, 3.05) is 19.5 Å². The first-order valence-corrected chi connectivity index (χ1v) is 6.72. The Morgan fingerprint density at radius 3 is 2.21 bits per heavy atom. The predicted molar refractivity (Wildman–Crippen MR) is 81.0 cm³/mol. The molecule has 2 aromatic carbocycles. The third-order valence-corrected chi connectivity index (χ3v) is 3.51. The summed E-state index contributed by atoms with van der Waals surface area (Å²) in [6.45, 7) is 0.746. The number of hydrogen-bond acceptors (Lipinski definition) is 3. The van der Waals surface area contributed by atoms with Crippen molar-refractivity contribution in [1.29, 1.82) is 0 Å². The quantitative estimate of drug-likeness (QED) is 0.900. The maximum atomic E-state index is 5.21. The van der Waals surface area contributed by atoms with E-state index in [0.717, 1.165) is 28.2 Å². The second-order valence-corrected chi connectivity index (χ2v) is 4.90. The Bertz CT molecular complexity index is 540. The van der Waals surface area contributed by atoms with Crippen LogP contribution in [0.5, 0.6) is 11.5 Å². The minimum atomic E-state index is 0.746. The number of anilines is 1. The lowest BCUT2D eigenvalue weighted by Gasteiger charge is -2.10. The molecule has 0 unspecified atom stereocenters. The summed E-state index contributed by atoms with van der Waals surface area (Å²) in [5, 5.41) is 3.37. The molecular weight excluding hydrogens is 306 g/mol. The summed E-state index contributed by atoms with van der Waals surface area (Å²) in [5.74, 6) is 1.70. The molecule has 0 spiro atoms. The van der Waals surface area contributed by atoms with Crippen molar-refractivity contribution in [1.82, 2.24) is 0 Å². The van der Waals surface area contributed by atoms with E-state index >= 15 is 0 Å². The van der Waals surface area contributed by atoms with Crippen molar-refractivity contribution in [3.63, 3.8) is 0 Å². The lowest BCUT2D eigenvalue weighted by molar-refractivity contribution is 0.414. The Morgan fingerprint density at radius 1 is 0.947 bits per heavy atom. The monoisotopic (exact) mass is 321 g/mol. The van der Waals surface area contributed by atoms with Crippen molar-refractivity contribution in [2.45, 2.75) is 6.54 Å². The first-order chi connectivity index (χ1) is 9.22. The van der Waals surface area contributed by atoms with Gasteiger partial charge in [-0.25, -0.2) is 0 Å². The molecule has 0 bridgehead atoms. The summed E-state index contributed by atoms with van der Waals surface area (Å²) in [6, 6.07) is 13.8. The molecule has 0 saturated heterocycles. The van der Waals surface area contributed by atoms with Crippen LogP contribution in [0.2, 0.25) is 0 Å². The molecule has 0 fully saturated rings. The zero-order valence-corrected chi connectivity index (χ0v) is 12.5. The van der Waals surface area contributed by atoms with Crippen LogP contribution in [-0.2, 0) is 6.54 Å². The topological polar surface area (TPSA) is 30.5 Å². The van der Waals surface area contributed by atoms with Gasteiger partial charge in [-0.2, -0.15) is 0 Å². The van der Waals surface area contributed by atoms with E-state index in [2.05, 4.69) is 21.2 Å². The molecule has 1 N–H and O–H groups in total. The van der Waals surface area contributed by atoms with Crippen LogP contribution < -0.4 is 14.8 Å². The molecule has 0 aliphatic rings. The van der Waals surface area contributed by atoms with Gasteiger partial charge < -0.3 is 14.8 Å². The molecule has 2 aromatic rings. The van der Waals surface area contributed by atoms with E-state index in [4.69, 9.17) is 9.47 Å². The van der Waals surface area contributed by atoms with Gasteiger partial charge in [-0.1, -0.05) is 12.1 Å². The van der Waals surface area contributed by atoms with E-state index < -0.39 is 0 Å². The molecule has 0 aromatic heterocycles. The van der Waals surface area contributed by atoms with Crippen LogP contribution in [0, 0.1) is 0 Å². The van der Waals surface area contributed by atoms with Gasteiger partial charge in [0.1, 0.15) is 11.5 Å². The zero-order valence-electron chi connectivity index (χ0n) is 10.9. The van der Waals surface area contributed by atoms with Crippen LogP contribution in [0.3, 0.4) is 0 Å². The van der Waals surface area contributed by atoms with Crippen LogP contribution in [0.4, 0.5) is 5.69 Å². The molecule has 19 heavy (non-hydrogen) atoms. The highest BCUT2D eigenvalue weighted by molar-refractivity contribution is 9.10. The molecule has 3 nitrogen and oxygen atoms in total. The molecule has 0 amide bonds. The summed E-state index contributed by atoms with van der Waals surface area (Å²) in [4.78, 5) is 0. The Balaban J connectivity index is 2.05. The molecule has 0 heterocycles. The lowest BCUT2D eigenvalue weighted by atomic mass is 10.2. The highest BCUT2D eigenvalue weighted by Crippen LogP contribution is 2.27. The molecule has 100 valence electrons. The Morgan fingerprint density at radius 2 is 1.58 bits per heavy atom. The zero-order chi connectivity index (χ0) is 13.7. The molecule has 4 heteroatoms. The largest absolute Gasteiger partial charge is 0.497 e. The third-order valence-electron chi connectivity index (χ3n) is 2.82. The Kier molecular flexibility index (Phi) is 4.68. The van der Waals surface area contributed by atoms with Gasteiger partial charge in [0, 0.05) is 17.1 Å². The maximum Gasteiger partial charge on any atom is 0.121 e. The maximum absolute atomic E-state index is 5.21. The van der Waals surface area contributed by atoms with Gasteiger partial charge in [0.15, 0.2) is 0 Å². The number of benzene rings is 2. The molecule has 0 saturated carbocycles. The third kappa shape index (κ3) is 3.64. The lowest BCUT2D eigenvalue weighted by Crippen LogP contribution is -2.00. The fourth-order valence-corrected chi connectivity index (χ4v) is 2.09. The standard InChI is InChI=1S/C15H16BrNO2/c1-18-12-5-3-11(4-6-12)10-17-15-9-13(19-2)7-8-14(15)16/h3-9,17H,10H2,1-2H3. The minimum Gasteiger partial charge on any atom is -0.497 e. The fourth-order valence-electron chi connectivity index (χ4n) is 1.71. The molecule has 0 aliphatic heterocycles. The second kappa shape index (κ2) is 6.48. The van der Waals surface area contributed by atoms with Gasteiger partial charge in [0.05, 0.1) is 19.9 Å². The normalized spacial score (nSPS) is 10.1. The number of ether oxygens (including phenoxy) is 2. The van der Waals surface area contributed by atoms with Gasteiger partial charge in [-0.15, -0.1) is 0 Å². The number of methoxy groups -OCH3 is 2. The number of hydrogen-bond donors (Lipinski definition) is 1. The second-order valence-electron chi connectivity index (χ2n) is 4.05. The van der Waals surface area contributed by atoms with Gasteiger partial charge in [-0.05, 0) is 45.8 Å². The number of nitrogens with one attached hydrogen (secondary N) is 1. The first-order valence-electron chi connectivity index (χ1n) is 5.93. The van der Waals surface area contributed by atoms with E-state index in [9.17, 15) is 0 Å². The van der Waals surface area contributed by atoms with Gasteiger partial charge in [0.25, 0.3) is 0 Å². The minimum absolute atomic E-state index is 0.746. The summed E-state index contributed by atoms with van der Waals surface area (Å²) < 4.78 is 11.4. The average molecular weight is 322 g/mol. The van der Waals surface area contributed by atoms with E-state index in [1.165, 1.54) is 5.56 Å². The average Bonchev–Trinajstić information content (AvgIpc) is 2.47. The van der Waals surface area contributed by atoms with Crippen molar-refractivity contribution in [2.24, 2.45) is 0 Å². The van der Waals surface area contributed by atoms with E-state index in [1.54, 1.807) is 14.2 Å². The van der Waals surface area contributed by atoms with Crippen LogP contribution in [-0.4, -0.2) is 14.2 Å². The first kappa shape index (κ1) is 13.7. The van der Waals surface area contributed by atoms with Crippen molar-refractivity contribution >= 4 is 21.6 Å². The van der Waals surface area contributed by atoms with Crippen molar-refractivity contribution in [3.8, 4) is 11.5 Å². The summed E-state index contributed by atoms with van der Waals surface area (Å²) in [5.41, 5.74) is 2.20. The van der Waals surface area contributed by atoms with Gasteiger partial charge in [0.2, 0.25) is 0 Å². The summed E-state index contributed by atoms with van der Waals surface area (Å²) >= 11 is 3.52. The van der Waals surface area contributed by atoms with Crippen LogP contribution in [0.25, 0.3) is 0 Å². The van der Waals surface area contributed by atoms with Crippen molar-refractivity contribution in [3.05, 3.63) is 52.5 Å². The molecule has 2 rings (SSSR count).